The van der Waals surface area contributed by atoms with Crippen LogP contribution in [0.5, 0.6) is 0 Å². The highest BCUT2D eigenvalue weighted by molar-refractivity contribution is 6.18. The molecule has 5 nitrogen and oxygen atoms in total. The maximum atomic E-state index is 6.96. The van der Waals surface area contributed by atoms with Crippen molar-refractivity contribution in [3.63, 3.8) is 0 Å². The Morgan fingerprint density at radius 3 is 1.49 bits per heavy atom. The standard InChI is InChI=1S/C63H40N4O/c1-4-17-44(18-5-1)58-59-52-27-10-13-28-53(52)64-60(62(59)68-61(58)46-19-6-2-7-20-46)45-37-33-42(34-38-45)41-31-35-43(36-32-41)54-40-55(66-63(65-54)47-21-8-3-9-22-47)48-23-16-24-49(39-48)67-56-29-14-11-25-50(56)51-26-12-15-30-57(51)67/h1-40H. The minimum absolute atomic E-state index is 0.680. The predicted octanol–water partition coefficient (Wildman–Crippen LogP) is 16.5. The summed E-state index contributed by atoms with van der Waals surface area (Å²) in [6.07, 6.45) is 0. The summed E-state index contributed by atoms with van der Waals surface area (Å²) in [6.45, 7) is 0. The van der Waals surface area contributed by atoms with Crippen LogP contribution in [0.15, 0.2) is 247 Å². The molecule has 0 bridgehead atoms. The van der Waals surface area contributed by atoms with Gasteiger partial charge in [0.15, 0.2) is 11.4 Å². The average Bonchev–Trinajstić information content (AvgIpc) is 3.99. The highest BCUT2D eigenvalue weighted by Crippen LogP contribution is 2.46. The number of furan rings is 1. The van der Waals surface area contributed by atoms with Crippen molar-refractivity contribution in [3.05, 3.63) is 243 Å². The van der Waals surface area contributed by atoms with Gasteiger partial charge >= 0.3 is 0 Å². The largest absolute Gasteiger partial charge is 0.453 e. The Morgan fingerprint density at radius 1 is 0.338 bits per heavy atom. The second kappa shape index (κ2) is 16.4. The highest BCUT2D eigenvalue weighted by Gasteiger charge is 2.24. The van der Waals surface area contributed by atoms with Gasteiger partial charge in [-0.05, 0) is 53.1 Å². The molecule has 4 heterocycles. The molecule has 0 spiro atoms. The first-order valence-electron chi connectivity index (χ1n) is 22.9. The molecule has 13 aromatic rings. The lowest BCUT2D eigenvalue weighted by molar-refractivity contribution is 0.632. The first kappa shape index (κ1) is 39.2. The van der Waals surface area contributed by atoms with Crippen LogP contribution < -0.4 is 0 Å². The molecule has 0 radical (unpaired) electrons. The fourth-order valence-corrected chi connectivity index (χ4v) is 9.80. The number of hydrogen-bond acceptors (Lipinski definition) is 4. The van der Waals surface area contributed by atoms with Crippen LogP contribution in [0, 0.1) is 0 Å². The zero-order valence-corrected chi connectivity index (χ0v) is 36.8. The van der Waals surface area contributed by atoms with Gasteiger partial charge in [0.05, 0.1) is 27.9 Å². The average molecular weight is 869 g/mol. The minimum Gasteiger partial charge on any atom is -0.453 e. The van der Waals surface area contributed by atoms with Gasteiger partial charge < -0.3 is 8.98 Å². The van der Waals surface area contributed by atoms with Crippen molar-refractivity contribution in [2.45, 2.75) is 0 Å². The molecule has 9 aromatic carbocycles. The number of benzene rings is 9. The number of hydrogen-bond donors (Lipinski definition) is 0. The molecule has 13 rings (SSSR count). The Labute approximate surface area is 392 Å². The lowest BCUT2D eigenvalue weighted by atomic mass is 9.95. The van der Waals surface area contributed by atoms with Crippen molar-refractivity contribution >= 4 is 43.7 Å². The van der Waals surface area contributed by atoms with E-state index in [1.165, 1.54) is 21.8 Å². The van der Waals surface area contributed by atoms with Crippen molar-refractivity contribution < 1.29 is 4.42 Å². The second-order valence-electron chi connectivity index (χ2n) is 17.1. The number of rotatable bonds is 8. The zero-order chi connectivity index (χ0) is 45.0. The van der Waals surface area contributed by atoms with Gasteiger partial charge in [0.2, 0.25) is 0 Å². The number of nitrogens with zero attached hydrogens (tertiary/aromatic N) is 4. The van der Waals surface area contributed by atoms with E-state index in [-0.39, 0.29) is 0 Å². The van der Waals surface area contributed by atoms with Gasteiger partial charge in [0.1, 0.15) is 11.5 Å². The van der Waals surface area contributed by atoms with Gasteiger partial charge in [0.25, 0.3) is 0 Å². The van der Waals surface area contributed by atoms with Crippen molar-refractivity contribution in [1.29, 1.82) is 0 Å². The van der Waals surface area contributed by atoms with Gasteiger partial charge in [-0.2, -0.15) is 0 Å². The lowest BCUT2D eigenvalue weighted by Crippen LogP contribution is -1.97. The van der Waals surface area contributed by atoms with E-state index < -0.39 is 0 Å². The molecule has 0 aliphatic carbocycles. The summed E-state index contributed by atoms with van der Waals surface area (Å²) in [5.74, 6) is 1.52. The molecule has 0 unspecified atom stereocenters. The Hall–Kier alpha value is -9.19. The van der Waals surface area contributed by atoms with Crippen LogP contribution in [0.25, 0.3) is 128 Å². The normalized spacial score (nSPS) is 11.5. The molecular weight excluding hydrogens is 829 g/mol. The van der Waals surface area contributed by atoms with Gasteiger partial charge in [-0.3, -0.25) is 0 Å². The topological polar surface area (TPSA) is 56.7 Å². The molecule has 0 atom stereocenters. The molecule has 318 valence electrons. The van der Waals surface area contributed by atoms with Gasteiger partial charge in [0, 0.05) is 60.6 Å². The third-order valence-corrected chi connectivity index (χ3v) is 13.0. The Balaban J connectivity index is 0.872. The van der Waals surface area contributed by atoms with Crippen LogP contribution in [0.2, 0.25) is 0 Å². The van der Waals surface area contributed by atoms with E-state index in [9.17, 15) is 0 Å². The Morgan fingerprint density at radius 2 is 0.838 bits per heavy atom. The predicted molar refractivity (Wildman–Crippen MR) is 279 cm³/mol. The molecule has 68 heavy (non-hydrogen) atoms. The SMILES string of the molecule is c1ccc(-c2nc(-c3ccc(-c4ccc(-c5nc6ccccc6c6c(-c7ccccc7)c(-c7ccccc7)oc56)cc4)cc3)cc(-c3cccc(-n4c5ccccc5c5ccccc54)c3)n2)cc1. The van der Waals surface area contributed by atoms with Crippen molar-refractivity contribution in [2.24, 2.45) is 0 Å². The number of pyridine rings is 1. The maximum absolute atomic E-state index is 6.96. The van der Waals surface area contributed by atoms with Crippen molar-refractivity contribution in [1.82, 2.24) is 19.5 Å². The van der Waals surface area contributed by atoms with E-state index in [4.69, 9.17) is 19.4 Å². The van der Waals surface area contributed by atoms with Gasteiger partial charge in [-0.1, -0.05) is 206 Å². The van der Waals surface area contributed by atoms with E-state index in [0.717, 1.165) is 100 Å². The molecule has 4 aromatic heterocycles. The second-order valence-corrected chi connectivity index (χ2v) is 17.1. The zero-order valence-electron chi connectivity index (χ0n) is 36.8. The number of para-hydroxylation sites is 3. The molecule has 0 amide bonds. The maximum Gasteiger partial charge on any atom is 0.162 e. The van der Waals surface area contributed by atoms with E-state index in [0.29, 0.717) is 5.82 Å². The number of fused-ring (bicyclic) bond motifs is 6. The third kappa shape index (κ3) is 6.76. The fourth-order valence-electron chi connectivity index (χ4n) is 9.80. The van der Waals surface area contributed by atoms with Crippen LogP contribution >= 0.6 is 0 Å². The molecule has 0 saturated heterocycles. The van der Waals surface area contributed by atoms with E-state index >= 15 is 0 Å². The summed E-state index contributed by atoms with van der Waals surface area (Å²) < 4.78 is 9.30. The monoisotopic (exact) mass is 868 g/mol. The molecule has 0 N–H and O–H groups in total. The summed E-state index contributed by atoms with van der Waals surface area (Å²) >= 11 is 0. The summed E-state index contributed by atoms with van der Waals surface area (Å²) in [7, 11) is 0. The Bertz CT molecular complexity index is 3940. The molecule has 0 aliphatic rings. The third-order valence-electron chi connectivity index (χ3n) is 13.0. The highest BCUT2D eigenvalue weighted by atomic mass is 16.3. The van der Waals surface area contributed by atoms with Crippen LogP contribution in [-0.2, 0) is 0 Å². The van der Waals surface area contributed by atoms with E-state index in [1.807, 2.05) is 30.3 Å². The molecule has 5 heteroatoms. The van der Waals surface area contributed by atoms with Crippen LogP contribution in [0.1, 0.15) is 0 Å². The molecular formula is C63H40N4O. The quantitative estimate of drug-likeness (QED) is 0.153. The molecule has 0 saturated carbocycles. The first-order valence-corrected chi connectivity index (χ1v) is 22.9. The summed E-state index contributed by atoms with van der Waals surface area (Å²) in [6, 6.07) is 84.8. The Kier molecular flexibility index (Phi) is 9.43. The van der Waals surface area contributed by atoms with Crippen LogP contribution in [-0.4, -0.2) is 19.5 Å². The minimum atomic E-state index is 0.680. The lowest BCUT2D eigenvalue weighted by Gasteiger charge is -2.12. The summed E-state index contributed by atoms with van der Waals surface area (Å²) in [5, 5.41) is 4.59. The van der Waals surface area contributed by atoms with Crippen molar-refractivity contribution in [2.75, 3.05) is 0 Å². The number of aromatic nitrogens is 4. The van der Waals surface area contributed by atoms with Crippen LogP contribution in [0.3, 0.4) is 0 Å². The van der Waals surface area contributed by atoms with Crippen molar-refractivity contribution in [3.8, 4) is 84.4 Å². The van der Waals surface area contributed by atoms with E-state index in [1.54, 1.807) is 0 Å². The smallest absolute Gasteiger partial charge is 0.162 e. The van der Waals surface area contributed by atoms with E-state index in [2.05, 4.69) is 217 Å². The molecule has 0 aliphatic heterocycles. The summed E-state index contributed by atoms with van der Waals surface area (Å²) in [5.41, 5.74) is 17.0. The van der Waals surface area contributed by atoms with Gasteiger partial charge in [-0.15, -0.1) is 0 Å². The fraction of sp³-hybridized carbons (Fsp3) is 0. The van der Waals surface area contributed by atoms with Gasteiger partial charge in [-0.25, -0.2) is 15.0 Å². The van der Waals surface area contributed by atoms with Crippen LogP contribution in [0.4, 0.5) is 0 Å². The molecule has 0 fully saturated rings. The summed E-state index contributed by atoms with van der Waals surface area (Å²) in [4.78, 5) is 15.6. The first-order chi connectivity index (χ1) is 33.7.